The van der Waals surface area contributed by atoms with Crippen LogP contribution in [-0.4, -0.2) is 20.6 Å². The van der Waals surface area contributed by atoms with E-state index < -0.39 is 4.92 Å². The summed E-state index contributed by atoms with van der Waals surface area (Å²) in [6, 6.07) is 7.70. The largest absolute Gasteiger partial charge is 0.459 e. The Morgan fingerprint density at radius 2 is 2.21 bits per heavy atom. The number of hydrogen-bond acceptors (Lipinski definition) is 5. The maximum Gasteiger partial charge on any atom is 0.306 e. The Morgan fingerprint density at radius 1 is 1.42 bits per heavy atom. The maximum atomic E-state index is 11.9. The summed E-state index contributed by atoms with van der Waals surface area (Å²) in [6.07, 6.45) is 2.64. The average molecular weight is 328 g/mol. The molecular weight excluding hydrogens is 312 g/mol. The van der Waals surface area contributed by atoms with Crippen LogP contribution in [0.25, 0.3) is 11.0 Å². The van der Waals surface area contributed by atoms with Gasteiger partial charge in [0.25, 0.3) is 0 Å². The van der Waals surface area contributed by atoms with E-state index >= 15 is 0 Å². The first-order chi connectivity index (χ1) is 11.5. The van der Waals surface area contributed by atoms with Crippen molar-refractivity contribution in [3.05, 3.63) is 58.1 Å². The predicted octanol–water partition coefficient (Wildman–Crippen LogP) is 2.55. The summed E-state index contributed by atoms with van der Waals surface area (Å²) in [6.45, 7) is 2.54. The van der Waals surface area contributed by atoms with E-state index in [-0.39, 0.29) is 24.6 Å². The number of nitro groups is 1. The Balaban J connectivity index is 1.54. The molecule has 0 atom stereocenters. The van der Waals surface area contributed by atoms with Crippen LogP contribution in [-0.2, 0) is 17.9 Å². The van der Waals surface area contributed by atoms with Crippen molar-refractivity contribution in [1.82, 2.24) is 15.1 Å². The van der Waals surface area contributed by atoms with Crippen LogP contribution in [0, 0.1) is 17.0 Å². The summed E-state index contributed by atoms with van der Waals surface area (Å²) in [7, 11) is 0. The second-order valence-corrected chi connectivity index (χ2v) is 5.39. The van der Waals surface area contributed by atoms with Gasteiger partial charge in [0.1, 0.15) is 23.7 Å². The number of carbonyl (C=O) groups excluding carboxylic acids is 1. The molecule has 0 radical (unpaired) electrons. The van der Waals surface area contributed by atoms with Crippen molar-refractivity contribution in [2.24, 2.45) is 0 Å². The number of hydrogen-bond donors (Lipinski definition) is 1. The summed E-state index contributed by atoms with van der Waals surface area (Å²) in [5.74, 6) is 0.548. The van der Waals surface area contributed by atoms with E-state index in [2.05, 4.69) is 10.4 Å². The van der Waals surface area contributed by atoms with Crippen molar-refractivity contribution in [1.29, 1.82) is 0 Å². The topological polar surface area (TPSA) is 103 Å². The molecule has 2 aromatic heterocycles. The van der Waals surface area contributed by atoms with Crippen molar-refractivity contribution < 1.29 is 14.1 Å². The van der Waals surface area contributed by atoms with Crippen molar-refractivity contribution in [2.45, 2.75) is 26.4 Å². The molecule has 8 heteroatoms. The number of nitrogens with zero attached hydrogens (tertiary/aromatic N) is 3. The second-order valence-electron chi connectivity index (χ2n) is 5.39. The molecular formula is C16H16N4O4. The highest BCUT2D eigenvalue weighted by molar-refractivity contribution is 5.82. The van der Waals surface area contributed by atoms with Gasteiger partial charge in [-0.05, 0) is 13.0 Å². The van der Waals surface area contributed by atoms with Crippen LogP contribution in [0.3, 0.4) is 0 Å². The molecule has 3 rings (SSSR count). The monoisotopic (exact) mass is 328 g/mol. The van der Waals surface area contributed by atoms with E-state index in [0.29, 0.717) is 6.54 Å². The van der Waals surface area contributed by atoms with Crippen LogP contribution in [0.5, 0.6) is 0 Å². The highest BCUT2D eigenvalue weighted by Gasteiger charge is 2.12. The third-order valence-electron chi connectivity index (χ3n) is 3.79. The zero-order valence-corrected chi connectivity index (χ0v) is 13.1. The molecule has 2 heterocycles. The van der Waals surface area contributed by atoms with E-state index in [1.165, 1.54) is 10.9 Å². The number of carbonyl (C=O) groups is 1. The van der Waals surface area contributed by atoms with E-state index in [0.717, 1.165) is 28.5 Å². The highest BCUT2D eigenvalue weighted by atomic mass is 16.6. The molecule has 1 amide bonds. The molecule has 3 aromatic rings. The van der Waals surface area contributed by atoms with Gasteiger partial charge in [-0.2, -0.15) is 5.10 Å². The third kappa shape index (κ3) is 3.27. The smallest absolute Gasteiger partial charge is 0.306 e. The van der Waals surface area contributed by atoms with E-state index in [9.17, 15) is 14.9 Å². The zero-order chi connectivity index (χ0) is 17.1. The number of para-hydroxylation sites is 1. The van der Waals surface area contributed by atoms with Gasteiger partial charge in [-0.15, -0.1) is 0 Å². The first kappa shape index (κ1) is 15.7. The maximum absolute atomic E-state index is 11.9. The second kappa shape index (κ2) is 6.53. The molecule has 0 spiro atoms. The van der Waals surface area contributed by atoms with Crippen LogP contribution in [0.1, 0.15) is 17.7 Å². The molecule has 0 saturated carbocycles. The molecule has 1 N–H and O–H groups in total. The lowest BCUT2D eigenvalue weighted by atomic mass is 10.1. The Bertz CT molecular complexity index is 897. The minimum atomic E-state index is -0.520. The Morgan fingerprint density at radius 3 is 2.92 bits per heavy atom. The van der Waals surface area contributed by atoms with Gasteiger partial charge in [-0.3, -0.25) is 19.6 Å². The minimum absolute atomic E-state index is 0.0895. The lowest BCUT2D eigenvalue weighted by Crippen LogP contribution is -2.24. The fourth-order valence-electron chi connectivity index (χ4n) is 2.45. The molecule has 0 aliphatic carbocycles. The quantitative estimate of drug-likeness (QED) is 0.553. The summed E-state index contributed by atoms with van der Waals surface area (Å²) in [5, 5.41) is 18.3. The highest BCUT2D eigenvalue weighted by Crippen LogP contribution is 2.24. The molecule has 0 bridgehead atoms. The number of aromatic nitrogens is 2. The van der Waals surface area contributed by atoms with E-state index in [1.54, 1.807) is 0 Å². The van der Waals surface area contributed by atoms with E-state index in [1.807, 2.05) is 31.2 Å². The fraction of sp³-hybridized carbons (Fsp3) is 0.250. The Hall–Kier alpha value is -3.16. The Kier molecular flexibility index (Phi) is 4.28. The van der Waals surface area contributed by atoms with Gasteiger partial charge in [0.05, 0.1) is 11.5 Å². The number of amides is 1. The first-order valence-electron chi connectivity index (χ1n) is 7.45. The molecule has 0 aliphatic heterocycles. The van der Waals surface area contributed by atoms with Crippen LogP contribution < -0.4 is 5.32 Å². The number of benzene rings is 1. The molecule has 1 aromatic carbocycles. The van der Waals surface area contributed by atoms with Crippen molar-refractivity contribution in [3.8, 4) is 0 Å². The van der Waals surface area contributed by atoms with Crippen LogP contribution in [0.15, 0.2) is 41.1 Å². The molecule has 0 unspecified atom stereocenters. The number of nitrogens with one attached hydrogen (secondary N) is 1. The lowest BCUT2D eigenvalue weighted by Gasteiger charge is -2.04. The third-order valence-corrected chi connectivity index (χ3v) is 3.79. The minimum Gasteiger partial charge on any atom is -0.459 e. The van der Waals surface area contributed by atoms with Crippen LogP contribution in [0.2, 0.25) is 0 Å². The molecule has 0 aliphatic rings. The number of fused-ring (bicyclic) bond motifs is 1. The molecule has 0 fully saturated rings. The van der Waals surface area contributed by atoms with Crippen molar-refractivity contribution in [2.75, 3.05) is 0 Å². The van der Waals surface area contributed by atoms with E-state index in [4.69, 9.17) is 4.42 Å². The summed E-state index contributed by atoms with van der Waals surface area (Å²) >= 11 is 0. The molecule has 8 nitrogen and oxygen atoms in total. The predicted molar refractivity (Wildman–Crippen MR) is 86.3 cm³/mol. The van der Waals surface area contributed by atoms with Crippen LogP contribution >= 0.6 is 0 Å². The summed E-state index contributed by atoms with van der Waals surface area (Å²) in [5.41, 5.74) is 1.71. The molecule has 124 valence electrons. The first-order valence-corrected chi connectivity index (χ1v) is 7.45. The van der Waals surface area contributed by atoms with Gasteiger partial charge in [0.15, 0.2) is 0 Å². The SMILES string of the molecule is Cc1c(CNC(=O)CCn2cc([N+](=O)[O-])cn2)oc2ccccc12. The zero-order valence-electron chi connectivity index (χ0n) is 13.1. The number of aryl methyl sites for hydroxylation is 2. The Labute approximate surface area is 137 Å². The van der Waals surface area contributed by atoms with Crippen LogP contribution in [0.4, 0.5) is 5.69 Å². The molecule has 0 saturated heterocycles. The summed E-state index contributed by atoms with van der Waals surface area (Å²) in [4.78, 5) is 22.0. The normalized spacial score (nSPS) is 10.9. The average Bonchev–Trinajstić information content (AvgIpc) is 3.17. The van der Waals surface area contributed by atoms with Crippen molar-refractivity contribution >= 4 is 22.6 Å². The van der Waals surface area contributed by atoms with Crippen molar-refractivity contribution in [3.63, 3.8) is 0 Å². The fourth-order valence-corrected chi connectivity index (χ4v) is 2.45. The van der Waals surface area contributed by atoms with Gasteiger partial charge < -0.3 is 9.73 Å². The van der Waals surface area contributed by atoms with Gasteiger partial charge in [0, 0.05) is 23.9 Å². The molecule has 24 heavy (non-hydrogen) atoms. The number of rotatable bonds is 6. The van der Waals surface area contributed by atoms with Gasteiger partial charge >= 0.3 is 5.69 Å². The number of furan rings is 1. The lowest BCUT2D eigenvalue weighted by molar-refractivity contribution is -0.385. The van der Waals surface area contributed by atoms with Gasteiger partial charge in [-0.1, -0.05) is 18.2 Å². The van der Waals surface area contributed by atoms with Gasteiger partial charge in [-0.25, -0.2) is 0 Å². The van der Waals surface area contributed by atoms with Gasteiger partial charge in [0.2, 0.25) is 5.91 Å². The summed E-state index contributed by atoms with van der Waals surface area (Å²) < 4.78 is 7.11. The standard InChI is InChI=1S/C16H16N4O4/c1-11-13-4-2-3-5-14(13)24-15(11)9-17-16(21)6-7-19-10-12(8-18-19)20(22)23/h2-5,8,10H,6-7,9H2,1H3,(H,17,21).